The minimum atomic E-state index is -0.962. The number of carbonyl (C=O) groups excluding carboxylic acids is 3. The van der Waals surface area contributed by atoms with Crippen LogP contribution in [0.3, 0.4) is 0 Å². The van der Waals surface area contributed by atoms with E-state index in [-0.39, 0.29) is 12.4 Å². The fourth-order valence-electron chi connectivity index (χ4n) is 5.32. The number of esters is 2. The van der Waals surface area contributed by atoms with Crippen LogP contribution in [-0.2, 0) is 49.4 Å². The van der Waals surface area contributed by atoms with Gasteiger partial charge in [-0.15, -0.1) is 0 Å². The zero-order valence-electron chi connectivity index (χ0n) is 31.8. The van der Waals surface area contributed by atoms with E-state index in [1.807, 2.05) is 100 Å². The van der Waals surface area contributed by atoms with Gasteiger partial charge in [0.1, 0.15) is 17.5 Å². The third kappa shape index (κ3) is 13.6. The molecule has 1 atom stereocenters. The van der Waals surface area contributed by atoms with Gasteiger partial charge in [0, 0.05) is 5.56 Å². The quantitative estimate of drug-likeness (QED) is 0.167. The van der Waals surface area contributed by atoms with E-state index in [2.05, 4.69) is 25.3 Å². The van der Waals surface area contributed by atoms with E-state index < -0.39 is 48.7 Å². The third-order valence-electron chi connectivity index (χ3n) is 7.82. The van der Waals surface area contributed by atoms with Crippen LogP contribution in [0.4, 0.5) is 0 Å². The van der Waals surface area contributed by atoms with Crippen molar-refractivity contribution in [2.24, 2.45) is 0 Å². The average Bonchev–Trinajstić information content (AvgIpc) is 3.33. The van der Waals surface area contributed by atoms with Crippen LogP contribution in [0.5, 0.6) is 0 Å². The van der Waals surface area contributed by atoms with Crippen molar-refractivity contribution in [2.45, 2.75) is 132 Å². The van der Waals surface area contributed by atoms with Gasteiger partial charge in [0.25, 0.3) is 0 Å². The van der Waals surface area contributed by atoms with Crippen molar-refractivity contribution in [3.05, 3.63) is 64.6 Å². The second kappa shape index (κ2) is 18.0. The third-order valence-corrected chi connectivity index (χ3v) is 7.82. The first kappa shape index (κ1) is 45.0. The molecule has 2 aromatic carbocycles. The molecule has 0 amide bonds. The molecule has 2 aliphatic heterocycles. The number of aryl methyl sites for hydroxylation is 4. The van der Waals surface area contributed by atoms with Crippen LogP contribution in [-0.4, -0.2) is 59.9 Å². The maximum atomic E-state index is 11.9. The van der Waals surface area contributed by atoms with Crippen LogP contribution in [0.1, 0.15) is 120 Å². The molecule has 0 bridgehead atoms. The van der Waals surface area contributed by atoms with Crippen LogP contribution in [0.25, 0.3) is 0 Å². The Balaban J connectivity index is 0.000000388. The standard InChI is InChI=1S/C15H21BO4.C15H21BO3.C6H11O2.BrH.Zn/c1-9-6-10(2)14-11(7-9)16(18)20-12(14)8-13(17)19-15(3,4)5;1-10-7-11(2)12(9-17)13(8-10)16-18-14(3,4)15(5,6)19-16;1-5(7)8-6(2,3)4;;/h6-7,12,18H,8H2,1-5H3;7-9H,1-6H3;1H2,2-4H3;1H;/q;;-1;;+2/p-1. The molecule has 49 heavy (non-hydrogen) atoms. The Morgan fingerprint density at radius 3 is 1.73 bits per heavy atom. The molecule has 0 spiro atoms. The topological polar surface area (TPSA) is 118 Å². The Morgan fingerprint density at radius 2 is 1.33 bits per heavy atom. The molecule has 1 saturated heterocycles. The number of ether oxygens (including phenoxy) is 2. The van der Waals surface area contributed by atoms with Crippen LogP contribution in [0.2, 0.25) is 0 Å². The number of benzene rings is 2. The van der Waals surface area contributed by atoms with Crippen molar-refractivity contribution in [1.29, 1.82) is 0 Å². The van der Waals surface area contributed by atoms with Crippen molar-refractivity contribution in [2.75, 3.05) is 0 Å². The Bertz CT molecular complexity index is 1450. The van der Waals surface area contributed by atoms with Crippen LogP contribution in [0, 0.1) is 34.6 Å². The SMILES string of the molecule is Cc1cc(C)c(C=O)c(B2OC(C)(C)C(C)(C)O2)c1.Cc1cc(C)c2c(c1)B(O)OC2CC(=O)OC(C)(C)C.[CH2-]C(=O)OC(C)(C)C.[Zn+][Br]. The molecule has 1 fully saturated rings. The summed E-state index contributed by atoms with van der Waals surface area (Å²) in [6.07, 6.45) is 0.566. The van der Waals surface area contributed by atoms with Gasteiger partial charge in [-0.05, 0) is 125 Å². The Kier molecular flexibility index (Phi) is 16.5. The molecule has 1 unspecified atom stereocenters. The van der Waals surface area contributed by atoms with Gasteiger partial charge >= 0.3 is 50.2 Å². The number of hydrogen-bond donors (Lipinski definition) is 1. The molecule has 0 aliphatic carbocycles. The maximum absolute atomic E-state index is 11.9. The van der Waals surface area contributed by atoms with Crippen LogP contribution >= 0.6 is 13.6 Å². The summed E-state index contributed by atoms with van der Waals surface area (Å²) in [4.78, 5) is 33.4. The first-order valence-corrected chi connectivity index (χ1v) is 23.1. The number of aldehydes is 1. The molecule has 4 rings (SSSR count). The average molecular weight is 797 g/mol. The molecule has 2 aromatic rings. The van der Waals surface area contributed by atoms with Crippen molar-refractivity contribution >= 4 is 57.0 Å². The van der Waals surface area contributed by atoms with E-state index >= 15 is 0 Å². The number of halogens is 1. The van der Waals surface area contributed by atoms with Crippen molar-refractivity contribution < 1.29 is 59.2 Å². The summed E-state index contributed by atoms with van der Waals surface area (Å²) in [5.41, 5.74) is 5.64. The molecule has 266 valence electrons. The van der Waals surface area contributed by atoms with E-state index in [0.717, 1.165) is 45.0 Å². The molecule has 9 nitrogen and oxygen atoms in total. The molecule has 2 heterocycles. The first-order chi connectivity index (χ1) is 22.3. The normalized spacial score (nSPS) is 17.3. The van der Waals surface area contributed by atoms with Gasteiger partial charge in [-0.25, -0.2) is 0 Å². The Hall–Kier alpha value is -2.01. The zero-order valence-corrected chi connectivity index (χ0v) is 36.4. The van der Waals surface area contributed by atoms with Gasteiger partial charge < -0.3 is 28.5 Å². The van der Waals surface area contributed by atoms with Gasteiger partial charge in [0.15, 0.2) is 5.97 Å². The Morgan fingerprint density at radius 1 is 0.878 bits per heavy atom. The van der Waals surface area contributed by atoms with E-state index in [0.29, 0.717) is 5.56 Å². The second-order valence-electron chi connectivity index (χ2n) is 15.2. The molecule has 0 radical (unpaired) electrons. The number of hydrogen-bond acceptors (Lipinski definition) is 9. The van der Waals surface area contributed by atoms with Crippen LogP contribution < -0.4 is 10.9 Å². The van der Waals surface area contributed by atoms with Crippen molar-refractivity contribution in [3.63, 3.8) is 0 Å². The fraction of sp³-hybridized carbons (Fsp3) is 0.556. The van der Waals surface area contributed by atoms with Gasteiger partial charge in [0.2, 0.25) is 0 Å². The molecule has 0 saturated carbocycles. The number of carbonyl (C=O) groups is 3. The van der Waals surface area contributed by atoms with E-state index in [1.54, 1.807) is 20.8 Å². The summed E-state index contributed by atoms with van der Waals surface area (Å²) in [5, 5.41) is 9.97. The molecule has 2 aliphatic rings. The molecular weight excluding hydrogens is 743 g/mol. The summed E-state index contributed by atoms with van der Waals surface area (Å²) in [6.45, 7) is 29.9. The van der Waals surface area contributed by atoms with E-state index in [1.165, 1.54) is 16.3 Å². The molecular formula is C36H53B2BrO9Zn. The predicted octanol–water partition coefficient (Wildman–Crippen LogP) is 6.21. The van der Waals surface area contributed by atoms with E-state index in [4.69, 9.17) is 18.7 Å². The molecule has 13 heteroatoms. The Labute approximate surface area is 311 Å². The van der Waals surface area contributed by atoms with E-state index in [9.17, 15) is 19.4 Å². The van der Waals surface area contributed by atoms with Crippen molar-refractivity contribution in [3.8, 4) is 0 Å². The minimum absolute atomic E-state index is 0.116. The first-order valence-electron chi connectivity index (χ1n) is 16.2. The summed E-state index contributed by atoms with van der Waals surface area (Å²) in [7, 11) is -1.44. The second-order valence-corrected chi connectivity index (χ2v) is 15.2. The predicted molar refractivity (Wildman–Crippen MR) is 195 cm³/mol. The van der Waals surface area contributed by atoms with Gasteiger partial charge in [0.05, 0.1) is 23.7 Å². The molecule has 1 N–H and O–H groups in total. The molecule has 0 aromatic heterocycles. The fourth-order valence-corrected chi connectivity index (χ4v) is 5.32. The summed E-state index contributed by atoms with van der Waals surface area (Å²) < 4.78 is 27.6. The monoisotopic (exact) mass is 794 g/mol. The zero-order chi connectivity index (χ0) is 38.3. The van der Waals surface area contributed by atoms with Crippen LogP contribution in [0.15, 0.2) is 24.3 Å². The summed E-state index contributed by atoms with van der Waals surface area (Å²) in [5.74, 6) is -0.792. The van der Waals surface area contributed by atoms with Gasteiger partial charge in [-0.3, -0.25) is 21.3 Å². The van der Waals surface area contributed by atoms with Crippen molar-refractivity contribution in [1.82, 2.24) is 0 Å². The number of fused-ring (bicyclic) bond motifs is 1. The summed E-state index contributed by atoms with van der Waals surface area (Å²) in [6, 6.07) is 7.90. The van der Waals surface area contributed by atoms with Gasteiger partial charge in [-0.2, -0.15) is 0 Å². The summed E-state index contributed by atoms with van der Waals surface area (Å²) >= 11 is 4.25. The number of rotatable bonds is 4. The van der Waals surface area contributed by atoms with Gasteiger partial charge in [-0.1, -0.05) is 35.4 Å².